The van der Waals surface area contributed by atoms with Crippen LogP contribution in [0.1, 0.15) is 26.3 Å². The lowest BCUT2D eigenvalue weighted by molar-refractivity contribution is -0.129. The van der Waals surface area contributed by atoms with E-state index in [0.29, 0.717) is 11.3 Å². The minimum atomic E-state index is -1.34. The molecule has 0 saturated heterocycles. The number of rotatable bonds is 6. The predicted molar refractivity (Wildman–Crippen MR) is 84.0 cm³/mol. The Labute approximate surface area is 130 Å². The van der Waals surface area contributed by atoms with Crippen molar-refractivity contribution < 1.29 is 14.3 Å². The van der Waals surface area contributed by atoms with Gasteiger partial charge in [0.2, 0.25) is 5.91 Å². The van der Waals surface area contributed by atoms with Crippen molar-refractivity contribution in [2.45, 2.75) is 26.8 Å². The van der Waals surface area contributed by atoms with E-state index in [-0.39, 0.29) is 6.04 Å². The Morgan fingerprint density at radius 1 is 1.32 bits per heavy atom. The van der Waals surface area contributed by atoms with E-state index >= 15 is 0 Å². The lowest BCUT2D eigenvalue weighted by Crippen LogP contribution is -2.38. The fourth-order valence-corrected chi connectivity index (χ4v) is 1.96. The number of methoxy groups -OCH3 is 1. The number of amides is 1. The number of hydrogen-bond donors (Lipinski definition) is 1. The largest absolute Gasteiger partial charge is 0.496 e. The van der Waals surface area contributed by atoms with Gasteiger partial charge in [0, 0.05) is 11.6 Å². The Morgan fingerprint density at radius 3 is 2.50 bits per heavy atom. The summed E-state index contributed by atoms with van der Waals surface area (Å²) in [7, 11) is 1.54. The van der Waals surface area contributed by atoms with Crippen LogP contribution in [0.5, 0.6) is 5.75 Å². The molecule has 1 amide bonds. The zero-order valence-electron chi connectivity index (χ0n) is 13.2. The lowest BCUT2D eigenvalue weighted by atomic mass is 9.99. The van der Waals surface area contributed by atoms with E-state index in [1.54, 1.807) is 40.0 Å². The van der Waals surface area contributed by atoms with Gasteiger partial charge in [0.25, 0.3) is 0 Å². The van der Waals surface area contributed by atoms with Crippen molar-refractivity contribution in [2.75, 3.05) is 7.11 Å². The molecule has 1 aromatic rings. The van der Waals surface area contributed by atoms with Gasteiger partial charge in [0.05, 0.1) is 13.2 Å². The molecule has 1 aromatic carbocycles. The number of ketones is 1. The van der Waals surface area contributed by atoms with Crippen molar-refractivity contribution in [1.82, 2.24) is 5.32 Å². The SMILES string of the molecule is COc1ccccc1/C(C)=C\C(=O)[C@H](C#N)C(=O)NC(C)C. The van der Waals surface area contributed by atoms with E-state index in [9.17, 15) is 9.59 Å². The molecule has 5 nitrogen and oxygen atoms in total. The highest BCUT2D eigenvalue weighted by molar-refractivity contribution is 6.11. The summed E-state index contributed by atoms with van der Waals surface area (Å²) in [5, 5.41) is 11.7. The first-order valence-electron chi connectivity index (χ1n) is 6.96. The third-order valence-electron chi connectivity index (χ3n) is 3.00. The zero-order valence-corrected chi connectivity index (χ0v) is 13.2. The summed E-state index contributed by atoms with van der Waals surface area (Å²) >= 11 is 0. The fraction of sp³-hybridized carbons (Fsp3) is 0.353. The van der Waals surface area contributed by atoms with E-state index in [4.69, 9.17) is 10.00 Å². The molecule has 0 radical (unpaired) electrons. The fourth-order valence-electron chi connectivity index (χ4n) is 1.96. The Bertz CT molecular complexity index is 627. The van der Waals surface area contributed by atoms with Crippen molar-refractivity contribution in [3.63, 3.8) is 0 Å². The molecule has 0 saturated carbocycles. The number of ether oxygens (including phenoxy) is 1. The molecule has 0 bridgehead atoms. The Morgan fingerprint density at radius 2 is 1.95 bits per heavy atom. The second-order valence-corrected chi connectivity index (χ2v) is 5.16. The first kappa shape index (κ1) is 17.4. The standard InChI is InChI=1S/C17H20N2O3/c1-11(2)19-17(21)14(10-18)15(20)9-12(3)13-7-5-6-8-16(13)22-4/h5-9,11,14H,1-4H3,(H,19,21)/b12-9-/t14-/m0/s1. The van der Waals surface area contributed by atoms with Crippen LogP contribution in [0, 0.1) is 17.2 Å². The summed E-state index contributed by atoms with van der Waals surface area (Å²) in [6.45, 7) is 5.28. The lowest BCUT2D eigenvalue weighted by Gasteiger charge is -2.12. The second kappa shape index (κ2) is 7.99. The number of benzene rings is 1. The number of nitrogens with one attached hydrogen (secondary N) is 1. The quantitative estimate of drug-likeness (QED) is 0.646. The van der Waals surface area contributed by atoms with Gasteiger partial charge < -0.3 is 10.1 Å². The summed E-state index contributed by atoms with van der Waals surface area (Å²) in [6, 6.07) is 8.87. The average Bonchev–Trinajstić information content (AvgIpc) is 2.46. The van der Waals surface area contributed by atoms with Gasteiger partial charge in [0.1, 0.15) is 5.75 Å². The number of nitriles is 1. The van der Waals surface area contributed by atoms with E-state index < -0.39 is 17.6 Å². The van der Waals surface area contributed by atoms with Crippen molar-refractivity contribution in [2.24, 2.45) is 5.92 Å². The van der Waals surface area contributed by atoms with Crippen LogP contribution in [0.15, 0.2) is 30.3 Å². The molecule has 0 aromatic heterocycles. The average molecular weight is 300 g/mol. The summed E-state index contributed by atoms with van der Waals surface area (Å²) in [5.41, 5.74) is 1.39. The van der Waals surface area contributed by atoms with Gasteiger partial charge in [-0.15, -0.1) is 0 Å². The molecule has 0 aliphatic heterocycles. The molecule has 0 unspecified atom stereocenters. The van der Waals surface area contributed by atoms with Crippen molar-refractivity contribution >= 4 is 17.3 Å². The van der Waals surface area contributed by atoms with Crippen LogP contribution in [0.3, 0.4) is 0 Å². The van der Waals surface area contributed by atoms with Gasteiger partial charge in [-0.2, -0.15) is 5.26 Å². The molecule has 1 rings (SSSR count). The van der Waals surface area contributed by atoms with E-state index in [2.05, 4.69) is 5.32 Å². The van der Waals surface area contributed by atoms with Gasteiger partial charge in [-0.25, -0.2) is 0 Å². The zero-order chi connectivity index (χ0) is 16.7. The highest BCUT2D eigenvalue weighted by atomic mass is 16.5. The normalized spacial score (nSPS) is 12.5. The summed E-state index contributed by atoms with van der Waals surface area (Å²) in [4.78, 5) is 24.0. The Balaban J connectivity index is 3.02. The minimum absolute atomic E-state index is 0.129. The molecular weight excluding hydrogens is 280 g/mol. The summed E-state index contributed by atoms with van der Waals surface area (Å²) in [6.07, 6.45) is 1.31. The molecule has 5 heteroatoms. The highest BCUT2D eigenvalue weighted by Crippen LogP contribution is 2.25. The molecule has 0 fully saturated rings. The third kappa shape index (κ3) is 4.45. The number of allylic oxidation sites excluding steroid dienone is 2. The van der Waals surface area contributed by atoms with Crippen molar-refractivity contribution in [1.29, 1.82) is 5.26 Å². The first-order chi connectivity index (χ1) is 10.4. The Kier molecular flexibility index (Phi) is 6.33. The smallest absolute Gasteiger partial charge is 0.245 e. The molecule has 0 spiro atoms. The minimum Gasteiger partial charge on any atom is -0.496 e. The monoisotopic (exact) mass is 300 g/mol. The van der Waals surface area contributed by atoms with Crippen molar-refractivity contribution in [3.8, 4) is 11.8 Å². The first-order valence-corrected chi connectivity index (χ1v) is 6.96. The number of para-hydroxylation sites is 1. The number of hydrogen-bond acceptors (Lipinski definition) is 4. The molecule has 1 atom stereocenters. The van der Waals surface area contributed by atoms with Gasteiger partial charge in [-0.3, -0.25) is 9.59 Å². The molecule has 116 valence electrons. The maximum Gasteiger partial charge on any atom is 0.245 e. The number of carbonyl (C=O) groups excluding carboxylic acids is 2. The van der Waals surface area contributed by atoms with Gasteiger partial charge in [0.15, 0.2) is 11.7 Å². The van der Waals surface area contributed by atoms with Crippen LogP contribution in [0.2, 0.25) is 0 Å². The summed E-state index contributed by atoms with van der Waals surface area (Å²) < 4.78 is 5.24. The van der Waals surface area contributed by atoms with E-state index in [1.165, 1.54) is 6.08 Å². The maximum atomic E-state index is 12.2. The van der Waals surface area contributed by atoms with Crippen LogP contribution >= 0.6 is 0 Å². The third-order valence-corrected chi connectivity index (χ3v) is 3.00. The topological polar surface area (TPSA) is 79.2 Å². The molecular formula is C17H20N2O3. The molecule has 0 heterocycles. The second-order valence-electron chi connectivity index (χ2n) is 5.16. The van der Waals surface area contributed by atoms with Crippen LogP contribution in [-0.2, 0) is 9.59 Å². The van der Waals surface area contributed by atoms with E-state index in [1.807, 2.05) is 18.2 Å². The summed E-state index contributed by atoms with van der Waals surface area (Å²) in [5.74, 6) is -1.83. The van der Waals surface area contributed by atoms with Crippen LogP contribution in [0.25, 0.3) is 5.57 Å². The predicted octanol–water partition coefficient (Wildman–Crippen LogP) is 2.33. The molecule has 1 N–H and O–H groups in total. The van der Waals surface area contributed by atoms with Crippen LogP contribution in [0.4, 0.5) is 0 Å². The molecule has 0 aliphatic rings. The van der Waals surface area contributed by atoms with E-state index in [0.717, 1.165) is 5.56 Å². The number of carbonyl (C=O) groups is 2. The molecule has 22 heavy (non-hydrogen) atoms. The van der Waals surface area contributed by atoms with Gasteiger partial charge in [-0.05, 0) is 38.5 Å². The molecule has 0 aliphatic carbocycles. The highest BCUT2D eigenvalue weighted by Gasteiger charge is 2.25. The van der Waals surface area contributed by atoms with Crippen molar-refractivity contribution in [3.05, 3.63) is 35.9 Å². The van der Waals surface area contributed by atoms with Crippen LogP contribution < -0.4 is 10.1 Å². The number of nitrogens with zero attached hydrogens (tertiary/aromatic N) is 1. The Hall–Kier alpha value is -2.61. The maximum absolute atomic E-state index is 12.2. The van der Waals surface area contributed by atoms with Gasteiger partial charge >= 0.3 is 0 Å². The van der Waals surface area contributed by atoms with Gasteiger partial charge in [-0.1, -0.05) is 18.2 Å². The van der Waals surface area contributed by atoms with Crippen LogP contribution in [-0.4, -0.2) is 24.8 Å².